The summed E-state index contributed by atoms with van der Waals surface area (Å²) in [6.07, 6.45) is 0.528. The number of carboxylic acid groups (broad SMARTS) is 1. The zero-order chi connectivity index (χ0) is 14.2. The van der Waals surface area contributed by atoms with E-state index < -0.39 is 5.97 Å². The number of carboxylic acids is 1. The first-order chi connectivity index (χ1) is 8.79. The summed E-state index contributed by atoms with van der Waals surface area (Å²) in [5, 5.41) is 10.1. The molecule has 0 aliphatic carbocycles. The van der Waals surface area contributed by atoms with E-state index in [4.69, 9.17) is 10.1 Å². The predicted molar refractivity (Wildman–Crippen MR) is 78.8 cm³/mol. The van der Waals surface area contributed by atoms with Crippen molar-refractivity contribution in [3.63, 3.8) is 0 Å². The summed E-state index contributed by atoms with van der Waals surface area (Å²) in [5.41, 5.74) is 2.02. The molecule has 1 atom stereocenters. The van der Waals surface area contributed by atoms with Crippen LogP contribution in [0.15, 0.2) is 18.2 Å². The molecular formula is C15H19NO2S. The van der Waals surface area contributed by atoms with Gasteiger partial charge in [0.1, 0.15) is 0 Å². The van der Waals surface area contributed by atoms with Gasteiger partial charge in [0.15, 0.2) is 0 Å². The Balaban J connectivity index is 2.45. The maximum atomic E-state index is 11.0. The minimum Gasteiger partial charge on any atom is -0.481 e. The molecule has 4 heteroatoms. The fourth-order valence-electron chi connectivity index (χ4n) is 1.91. The van der Waals surface area contributed by atoms with Crippen LogP contribution in [-0.4, -0.2) is 16.1 Å². The molecule has 2 rings (SSSR count). The van der Waals surface area contributed by atoms with Crippen LogP contribution in [0.5, 0.6) is 0 Å². The number of hydrogen-bond donors (Lipinski definition) is 1. The van der Waals surface area contributed by atoms with Gasteiger partial charge in [0.05, 0.1) is 21.1 Å². The largest absolute Gasteiger partial charge is 0.481 e. The first-order valence-corrected chi connectivity index (χ1v) is 7.22. The van der Waals surface area contributed by atoms with Crippen molar-refractivity contribution in [3.8, 4) is 0 Å². The lowest BCUT2D eigenvalue weighted by molar-refractivity contribution is -0.141. The van der Waals surface area contributed by atoms with Crippen LogP contribution in [0.4, 0.5) is 0 Å². The van der Waals surface area contributed by atoms with Gasteiger partial charge in [0.2, 0.25) is 0 Å². The molecule has 1 aromatic heterocycles. The van der Waals surface area contributed by atoms with E-state index in [1.807, 2.05) is 12.1 Å². The average Bonchev–Trinajstić information content (AvgIpc) is 2.73. The third-order valence-corrected chi connectivity index (χ3v) is 4.54. The molecule has 0 aliphatic rings. The van der Waals surface area contributed by atoms with E-state index in [1.165, 1.54) is 0 Å². The molecule has 0 amide bonds. The van der Waals surface area contributed by atoms with E-state index >= 15 is 0 Å². The third kappa shape index (κ3) is 2.95. The Morgan fingerprint density at radius 3 is 2.68 bits per heavy atom. The lowest BCUT2D eigenvalue weighted by Crippen LogP contribution is -2.12. The first-order valence-electron chi connectivity index (χ1n) is 6.41. The van der Waals surface area contributed by atoms with Crippen LogP contribution in [0.25, 0.3) is 10.2 Å². The van der Waals surface area contributed by atoms with Crippen molar-refractivity contribution < 1.29 is 9.90 Å². The zero-order valence-corrected chi connectivity index (χ0v) is 12.5. The van der Waals surface area contributed by atoms with Crippen LogP contribution in [0.3, 0.4) is 0 Å². The number of para-hydroxylation sites is 1. The highest BCUT2D eigenvalue weighted by Gasteiger charge is 2.21. The van der Waals surface area contributed by atoms with E-state index in [2.05, 4.69) is 26.8 Å². The molecule has 2 aromatic rings. The van der Waals surface area contributed by atoms with Gasteiger partial charge in [0.25, 0.3) is 0 Å². The molecule has 102 valence electrons. The number of aliphatic carboxylic acids is 1. The average molecular weight is 277 g/mol. The maximum Gasteiger partial charge on any atom is 0.306 e. The topological polar surface area (TPSA) is 50.2 Å². The van der Waals surface area contributed by atoms with Gasteiger partial charge in [-0.1, -0.05) is 39.8 Å². The predicted octanol–water partition coefficient (Wildman–Crippen LogP) is 3.86. The lowest BCUT2D eigenvalue weighted by Gasteiger charge is -2.13. The van der Waals surface area contributed by atoms with Crippen molar-refractivity contribution in [1.29, 1.82) is 0 Å². The molecule has 0 aliphatic heterocycles. The molecule has 1 aromatic carbocycles. The summed E-state index contributed by atoms with van der Waals surface area (Å²) in [6, 6.07) is 6.02. The summed E-state index contributed by atoms with van der Waals surface area (Å²) in [5.74, 6) is -1.14. The van der Waals surface area contributed by atoms with Crippen LogP contribution < -0.4 is 0 Å². The number of carbonyl (C=O) groups is 1. The van der Waals surface area contributed by atoms with Crippen molar-refractivity contribution in [1.82, 2.24) is 4.98 Å². The number of rotatable bonds is 3. The van der Waals surface area contributed by atoms with Crippen molar-refractivity contribution >= 4 is 27.5 Å². The van der Waals surface area contributed by atoms with Crippen molar-refractivity contribution in [2.24, 2.45) is 5.92 Å². The Morgan fingerprint density at radius 2 is 2.11 bits per heavy atom. The van der Waals surface area contributed by atoms with Crippen LogP contribution in [0, 0.1) is 5.92 Å². The maximum absolute atomic E-state index is 11.0. The molecule has 0 fully saturated rings. The number of fused-ring (bicyclic) bond motifs is 1. The standard InChI is InChI=1S/C15H19NO2S/c1-9(13(17)18)8-10-6-5-7-11-12(10)16-14(19-11)15(2,3)4/h5-7,9H,8H2,1-4H3,(H,17,18). The Labute approximate surface area is 117 Å². The summed E-state index contributed by atoms with van der Waals surface area (Å²) in [7, 11) is 0. The molecule has 0 saturated heterocycles. The molecule has 0 radical (unpaired) electrons. The SMILES string of the molecule is CC(Cc1cccc2sc(C(C)(C)C)nc12)C(=O)O. The summed E-state index contributed by atoms with van der Waals surface area (Å²) < 4.78 is 1.14. The lowest BCUT2D eigenvalue weighted by atomic mass is 9.98. The van der Waals surface area contributed by atoms with Crippen LogP contribution >= 0.6 is 11.3 Å². The van der Waals surface area contributed by atoms with Gasteiger partial charge in [-0.15, -0.1) is 11.3 Å². The summed E-state index contributed by atoms with van der Waals surface area (Å²) in [6.45, 7) is 8.16. The van der Waals surface area contributed by atoms with Gasteiger partial charge in [-0.05, 0) is 18.1 Å². The van der Waals surface area contributed by atoms with Crippen LogP contribution in [-0.2, 0) is 16.6 Å². The van der Waals surface area contributed by atoms with E-state index in [-0.39, 0.29) is 11.3 Å². The molecular weight excluding hydrogens is 258 g/mol. The smallest absolute Gasteiger partial charge is 0.306 e. The van der Waals surface area contributed by atoms with Crippen molar-refractivity contribution in [2.45, 2.75) is 39.5 Å². The van der Waals surface area contributed by atoms with E-state index in [9.17, 15) is 4.79 Å². The normalized spacial score (nSPS) is 13.7. The second-order valence-electron chi connectivity index (χ2n) is 5.98. The number of thiazole rings is 1. The zero-order valence-electron chi connectivity index (χ0n) is 11.7. The molecule has 0 saturated carbocycles. The molecule has 3 nitrogen and oxygen atoms in total. The molecule has 1 N–H and O–H groups in total. The van der Waals surface area contributed by atoms with Crippen molar-refractivity contribution in [2.75, 3.05) is 0 Å². The Hall–Kier alpha value is -1.42. The molecule has 1 unspecified atom stereocenters. The Morgan fingerprint density at radius 1 is 1.42 bits per heavy atom. The monoisotopic (exact) mass is 277 g/mol. The van der Waals surface area contributed by atoms with Crippen LogP contribution in [0.1, 0.15) is 38.3 Å². The van der Waals surface area contributed by atoms with Gasteiger partial charge in [-0.25, -0.2) is 4.98 Å². The van der Waals surface area contributed by atoms with Gasteiger partial charge >= 0.3 is 5.97 Å². The fraction of sp³-hybridized carbons (Fsp3) is 0.467. The quantitative estimate of drug-likeness (QED) is 0.927. The second-order valence-corrected chi connectivity index (χ2v) is 7.01. The number of benzene rings is 1. The van der Waals surface area contributed by atoms with E-state index in [1.54, 1.807) is 18.3 Å². The highest BCUT2D eigenvalue weighted by molar-refractivity contribution is 7.18. The van der Waals surface area contributed by atoms with Gasteiger partial charge < -0.3 is 5.11 Å². The highest BCUT2D eigenvalue weighted by Crippen LogP contribution is 2.33. The third-order valence-electron chi connectivity index (χ3n) is 3.09. The molecule has 0 bridgehead atoms. The Kier molecular flexibility index (Phi) is 3.63. The van der Waals surface area contributed by atoms with E-state index in [0.29, 0.717) is 6.42 Å². The second kappa shape index (κ2) is 4.93. The van der Waals surface area contributed by atoms with Gasteiger partial charge in [-0.3, -0.25) is 4.79 Å². The molecule has 0 spiro atoms. The van der Waals surface area contributed by atoms with Crippen LogP contribution in [0.2, 0.25) is 0 Å². The molecule has 1 heterocycles. The number of aromatic nitrogens is 1. The Bertz CT molecular complexity index is 610. The minimum atomic E-state index is -0.761. The van der Waals surface area contributed by atoms with Gasteiger partial charge in [-0.2, -0.15) is 0 Å². The van der Waals surface area contributed by atoms with Crippen molar-refractivity contribution in [3.05, 3.63) is 28.8 Å². The summed E-state index contributed by atoms with van der Waals surface area (Å²) in [4.78, 5) is 15.7. The number of hydrogen-bond acceptors (Lipinski definition) is 3. The highest BCUT2D eigenvalue weighted by atomic mass is 32.1. The van der Waals surface area contributed by atoms with Gasteiger partial charge in [0, 0.05) is 5.41 Å². The first kappa shape index (κ1) is 14.0. The molecule has 19 heavy (non-hydrogen) atoms. The number of nitrogens with zero attached hydrogens (tertiary/aromatic N) is 1. The minimum absolute atomic E-state index is 0.0272. The fourth-order valence-corrected chi connectivity index (χ4v) is 2.98. The summed E-state index contributed by atoms with van der Waals surface area (Å²) >= 11 is 1.70. The van der Waals surface area contributed by atoms with E-state index in [0.717, 1.165) is 20.8 Å².